The maximum Gasteiger partial charge on any atom is 0.227 e. The Labute approximate surface area is 168 Å². The van der Waals surface area contributed by atoms with E-state index in [9.17, 15) is 0 Å². The number of likely N-dealkylation sites (tertiary alicyclic amines) is 1. The van der Waals surface area contributed by atoms with Crippen molar-refractivity contribution in [1.29, 1.82) is 0 Å². The van der Waals surface area contributed by atoms with Crippen LogP contribution < -0.4 is 0 Å². The summed E-state index contributed by atoms with van der Waals surface area (Å²) in [5, 5.41) is 7.52. The second kappa shape index (κ2) is 7.89. The molecule has 1 fully saturated rings. The highest BCUT2D eigenvalue weighted by Crippen LogP contribution is 2.33. The lowest BCUT2D eigenvalue weighted by Gasteiger charge is -2.31. The maximum atomic E-state index is 5.41. The van der Waals surface area contributed by atoms with Crippen LogP contribution in [0.15, 0.2) is 52.5 Å². The van der Waals surface area contributed by atoms with Gasteiger partial charge in [0.2, 0.25) is 11.7 Å². The molecule has 28 heavy (non-hydrogen) atoms. The van der Waals surface area contributed by atoms with Crippen molar-refractivity contribution in [1.82, 2.24) is 20.0 Å². The Kier molecular flexibility index (Phi) is 4.97. The molecular formula is C22H24N4OS. The van der Waals surface area contributed by atoms with Crippen LogP contribution in [0.3, 0.4) is 0 Å². The van der Waals surface area contributed by atoms with E-state index in [4.69, 9.17) is 4.52 Å². The SMILES string of the molecule is c1csc(-c2noc(CCCN3CCC(c4c[nH]c5ccccc45)CC3)n2)c1. The zero-order valence-electron chi connectivity index (χ0n) is 15.8. The van der Waals surface area contributed by atoms with Crippen LogP contribution in [0.4, 0.5) is 0 Å². The molecule has 1 N–H and O–H groups in total. The number of hydrogen-bond acceptors (Lipinski definition) is 5. The van der Waals surface area contributed by atoms with Crippen LogP contribution in [0.1, 0.15) is 36.6 Å². The first-order chi connectivity index (χ1) is 13.9. The van der Waals surface area contributed by atoms with Gasteiger partial charge in [0.15, 0.2) is 0 Å². The zero-order valence-corrected chi connectivity index (χ0v) is 16.6. The van der Waals surface area contributed by atoms with Gasteiger partial charge in [-0.3, -0.25) is 0 Å². The van der Waals surface area contributed by atoms with Crippen LogP contribution in [0.5, 0.6) is 0 Å². The van der Waals surface area contributed by atoms with E-state index in [1.807, 2.05) is 17.5 Å². The van der Waals surface area contributed by atoms with E-state index < -0.39 is 0 Å². The number of H-pyrrole nitrogens is 1. The van der Waals surface area contributed by atoms with E-state index in [-0.39, 0.29) is 0 Å². The second-order valence-electron chi connectivity index (χ2n) is 7.50. The number of para-hydroxylation sites is 1. The number of aryl methyl sites for hydroxylation is 1. The molecule has 0 spiro atoms. The molecule has 0 unspecified atom stereocenters. The third-order valence-corrected chi connectivity index (χ3v) is 6.59. The smallest absolute Gasteiger partial charge is 0.227 e. The standard InChI is InChI=1S/C22H24N4OS/c1-2-6-19-17(5-1)18(15-23-19)16-9-12-26(13-10-16)11-3-8-21-24-22(25-27-21)20-7-4-14-28-20/h1-2,4-7,14-16,23H,3,8-13H2. The van der Waals surface area contributed by atoms with Crippen LogP contribution in [-0.4, -0.2) is 39.7 Å². The van der Waals surface area contributed by atoms with Crippen molar-refractivity contribution in [2.75, 3.05) is 19.6 Å². The number of benzene rings is 1. The molecule has 0 atom stereocenters. The summed E-state index contributed by atoms with van der Waals surface area (Å²) >= 11 is 1.64. The first-order valence-electron chi connectivity index (χ1n) is 10.0. The van der Waals surface area contributed by atoms with Crippen molar-refractivity contribution in [2.24, 2.45) is 0 Å². The summed E-state index contributed by atoms with van der Waals surface area (Å²) in [7, 11) is 0. The Morgan fingerprint density at radius 2 is 2.04 bits per heavy atom. The van der Waals surface area contributed by atoms with Crippen LogP contribution in [0.25, 0.3) is 21.6 Å². The fourth-order valence-corrected chi connectivity index (χ4v) is 4.86. The molecule has 144 valence electrons. The van der Waals surface area contributed by atoms with Gasteiger partial charge in [0.1, 0.15) is 0 Å². The zero-order chi connectivity index (χ0) is 18.8. The van der Waals surface area contributed by atoms with Crippen LogP contribution >= 0.6 is 11.3 Å². The average molecular weight is 393 g/mol. The van der Waals surface area contributed by atoms with Gasteiger partial charge in [-0.15, -0.1) is 11.3 Å². The lowest BCUT2D eigenvalue weighted by molar-refractivity contribution is 0.208. The monoisotopic (exact) mass is 392 g/mol. The Morgan fingerprint density at radius 1 is 1.14 bits per heavy atom. The third kappa shape index (κ3) is 3.62. The minimum atomic E-state index is 0.664. The van der Waals surface area contributed by atoms with Gasteiger partial charge in [0.25, 0.3) is 0 Å². The summed E-state index contributed by atoms with van der Waals surface area (Å²) in [6, 6.07) is 12.7. The average Bonchev–Trinajstić information content (AvgIpc) is 3.49. The molecule has 3 aromatic heterocycles. The summed E-state index contributed by atoms with van der Waals surface area (Å²) < 4.78 is 5.41. The molecule has 0 amide bonds. The number of piperidine rings is 1. The first kappa shape index (κ1) is 17.6. The summed E-state index contributed by atoms with van der Waals surface area (Å²) in [6.07, 6.45) is 6.58. The normalized spacial score (nSPS) is 16.1. The van der Waals surface area contributed by atoms with Gasteiger partial charge in [-0.25, -0.2) is 0 Å². The van der Waals surface area contributed by atoms with Gasteiger partial charge in [0, 0.05) is 23.5 Å². The van der Waals surface area contributed by atoms with Crippen molar-refractivity contribution in [3.05, 3.63) is 59.4 Å². The maximum absolute atomic E-state index is 5.41. The molecule has 0 saturated carbocycles. The minimum Gasteiger partial charge on any atom is -0.361 e. The highest BCUT2D eigenvalue weighted by Gasteiger charge is 2.22. The number of fused-ring (bicyclic) bond motifs is 1. The molecule has 4 aromatic rings. The van der Waals surface area contributed by atoms with Crippen molar-refractivity contribution < 1.29 is 4.52 Å². The molecule has 0 bridgehead atoms. The van der Waals surface area contributed by atoms with E-state index in [1.54, 1.807) is 11.3 Å². The summed E-state index contributed by atoms with van der Waals surface area (Å²) in [5.74, 6) is 2.12. The van der Waals surface area contributed by atoms with Crippen LogP contribution in [0, 0.1) is 0 Å². The van der Waals surface area contributed by atoms with Crippen molar-refractivity contribution in [2.45, 2.75) is 31.6 Å². The second-order valence-corrected chi connectivity index (χ2v) is 8.45. The molecule has 6 heteroatoms. The fourth-order valence-electron chi connectivity index (χ4n) is 4.22. The highest BCUT2D eigenvalue weighted by molar-refractivity contribution is 7.13. The number of nitrogens with zero attached hydrogens (tertiary/aromatic N) is 3. The predicted molar refractivity (Wildman–Crippen MR) is 113 cm³/mol. The van der Waals surface area contributed by atoms with Crippen LogP contribution in [-0.2, 0) is 6.42 Å². The molecule has 5 rings (SSSR count). The van der Waals surface area contributed by atoms with Crippen LogP contribution in [0.2, 0.25) is 0 Å². The van der Waals surface area contributed by atoms with Crippen molar-refractivity contribution >= 4 is 22.2 Å². The van der Waals surface area contributed by atoms with Gasteiger partial charge < -0.3 is 14.4 Å². The largest absolute Gasteiger partial charge is 0.361 e. The Hall–Kier alpha value is -2.44. The molecule has 1 saturated heterocycles. The lowest BCUT2D eigenvalue weighted by Crippen LogP contribution is -2.33. The molecule has 0 aliphatic carbocycles. The van der Waals surface area contributed by atoms with Crippen molar-refractivity contribution in [3.8, 4) is 10.7 Å². The van der Waals surface area contributed by atoms with Crippen molar-refractivity contribution in [3.63, 3.8) is 0 Å². The Morgan fingerprint density at radius 3 is 2.89 bits per heavy atom. The minimum absolute atomic E-state index is 0.664. The third-order valence-electron chi connectivity index (χ3n) is 5.72. The van der Waals surface area contributed by atoms with E-state index >= 15 is 0 Å². The number of hydrogen-bond donors (Lipinski definition) is 1. The number of thiophene rings is 1. The van der Waals surface area contributed by atoms with Gasteiger partial charge >= 0.3 is 0 Å². The van der Waals surface area contributed by atoms with E-state index in [1.165, 1.54) is 29.3 Å². The van der Waals surface area contributed by atoms with Gasteiger partial charge in [-0.05, 0) is 67.9 Å². The van der Waals surface area contributed by atoms with Gasteiger partial charge in [0.05, 0.1) is 4.88 Å². The molecule has 0 radical (unpaired) electrons. The number of rotatable bonds is 6. The number of nitrogens with one attached hydrogen (secondary N) is 1. The fraction of sp³-hybridized carbons (Fsp3) is 0.364. The van der Waals surface area contributed by atoms with E-state index in [2.05, 4.69) is 50.5 Å². The molecule has 5 nitrogen and oxygen atoms in total. The first-order valence-corrected chi connectivity index (χ1v) is 10.9. The lowest BCUT2D eigenvalue weighted by atomic mass is 9.89. The molecule has 1 aliphatic rings. The predicted octanol–water partition coefficient (Wildman–Crippen LogP) is 5.09. The van der Waals surface area contributed by atoms with Gasteiger partial charge in [-0.1, -0.05) is 29.4 Å². The Balaban J connectivity index is 1.11. The quantitative estimate of drug-likeness (QED) is 0.496. The van der Waals surface area contributed by atoms with E-state index in [0.29, 0.717) is 11.7 Å². The summed E-state index contributed by atoms with van der Waals surface area (Å²) in [4.78, 5) is 11.6. The molecule has 4 heterocycles. The summed E-state index contributed by atoms with van der Waals surface area (Å²) in [6.45, 7) is 3.42. The highest BCUT2D eigenvalue weighted by atomic mass is 32.1. The molecular weight excluding hydrogens is 368 g/mol. The molecule has 1 aliphatic heterocycles. The van der Waals surface area contributed by atoms with E-state index in [0.717, 1.165) is 43.2 Å². The Bertz CT molecular complexity index is 1030. The number of aromatic nitrogens is 3. The molecule has 1 aromatic carbocycles. The van der Waals surface area contributed by atoms with Gasteiger partial charge in [-0.2, -0.15) is 4.98 Å². The number of aromatic amines is 1. The topological polar surface area (TPSA) is 58.0 Å². The summed E-state index contributed by atoms with van der Waals surface area (Å²) in [5.41, 5.74) is 2.74.